The van der Waals surface area contributed by atoms with Gasteiger partial charge in [0.15, 0.2) is 0 Å². The lowest BCUT2D eigenvalue weighted by Gasteiger charge is -2.51. The molecule has 1 saturated carbocycles. The molecule has 1 spiro atoms. The van der Waals surface area contributed by atoms with Crippen molar-refractivity contribution in [3.63, 3.8) is 0 Å². The summed E-state index contributed by atoms with van der Waals surface area (Å²) >= 11 is 6.46. The summed E-state index contributed by atoms with van der Waals surface area (Å²) in [6.07, 6.45) is 10.1. The number of thiol groups is 1. The summed E-state index contributed by atoms with van der Waals surface area (Å²) in [6, 6.07) is 11.7. The van der Waals surface area contributed by atoms with Crippen molar-refractivity contribution in [1.82, 2.24) is 15.1 Å². The first-order chi connectivity index (χ1) is 25.6. The van der Waals surface area contributed by atoms with Gasteiger partial charge in [0.25, 0.3) is 5.91 Å². The Bertz CT molecular complexity index is 1840. The van der Waals surface area contributed by atoms with Crippen LogP contribution < -0.4 is 15.0 Å². The minimum absolute atomic E-state index is 0.0697. The number of hydrogen-bond donors (Lipinski definition) is 2. The molecular weight excluding hydrogens is 714 g/mol. The lowest BCUT2D eigenvalue weighted by atomic mass is 9.68. The maximum Gasteiger partial charge on any atom is 0.318 e. The summed E-state index contributed by atoms with van der Waals surface area (Å²) in [5, 5.41) is 2.94. The zero-order chi connectivity index (χ0) is 36.9. The van der Waals surface area contributed by atoms with Crippen LogP contribution >= 0.6 is 11.6 Å². The topological polar surface area (TPSA) is 113 Å². The van der Waals surface area contributed by atoms with Gasteiger partial charge < -0.3 is 29.3 Å². The molecule has 3 amide bonds. The number of carbonyl (C=O) groups is 2. The number of nitrogens with zero attached hydrogens (tertiary/aromatic N) is 4. The molecule has 2 aromatic carbocycles. The van der Waals surface area contributed by atoms with Crippen molar-refractivity contribution in [3.8, 4) is 5.75 Å². The van der Waals surface area contributed by atoms with Gasteiger partial charge in [0.2, 0.25) is 0 Å². The molecule has 3 fully saturated rings. The van der Waals surface area contributed by atoms with Gasteiger partial charge >= 0.3 is 6.03 Å². The van der Waals surface area contributed by atoms with Crippen molar-refractivity contribution in [1.29, 1.82) is 0 Å². The Hall–Kier alpha value is -3.16. The molecule has 6 aliphatic rings. The normalized spacial score (nSPS) is 33.2. The molecular formula is C40H52ClN5O6S. The van der Waals surface area contributed by atoms with E-state index in [2.05, 4.69) is 43.8 Å². The first kappa shape index (κ1) is 36.8. The van der Waals surface area contributed by atoms with E-state index in [0.29, 0.717) is 49.6 Å². The zero-order valence-electron chi connectivity index (χ0n) is 30.9. The fraction of sp³-hybridized carbons (Fsp3) is 0.600. The number of fused-ring (bicyclic) bond motifs is 4. The van der Waals surface area contributed by atoms with Crippen LogP contribution in [0.2, 0.25) is 5.02 Å². The third-order valence-electron chi connectivity index (χ3n) is 12.9. The molecule has 0 aromatic heterocycles. The molecule has 11 nitrogen and oxygen atoms in total. The van der Waals surface area contributed by atoms with Gasteiger partial charge in [0, 0.05) is 75.5 Å². The maximum atomic E-state index is 14.0. The number of hydrogen-bond acceptors (Lipinski definition) is 8. The SMILES string of the molecule is COC1CN(C2CN(C(=O)NC3[C@@H](C)C/C=C/[C@H](OC)[C@@H]4CC[C@H]4CN4C[C@@]5(CCCc6cc(Cl)ccc65)COc5ccc(cc54)C(=O)/N=[SH]\3=O)C2)C1. The molecule has 53 heavy (non-hydrogen) atoms. The fourth-order valence-electron chi connectivity index (χ4n) is 9.35. The smallest absolute Gasteiger partial charge is 0.318 e. The van der Waals surface area contributed by atoms with Gasteiger partial charge in [-0.25, -0.2) is 4.79 Å². The second-order valence-corrected chi connectivity index (χ2v) is 17.9. The number of halogens is 1. The Balaban J connectivity index is 1.09. The van der Waals surface area contributed by atoms with Crippen molar-refractivity contribution in [2.75, 3.05) is 65.0 Å². The monoisotopic (exact) mass is 765 g/mol. The van der Waals surface area contributed by atoms with Crippen LogP contribution in [0.25, 0.3) is 0 Å². The number of methoxy groups -OCH3 is 2. The number of rotatable bonds is 4. The number of likely N-dealkylation sites (tertiary alicyclic amines) is 2. The molecule has 13 heteroatoms. The summed E-state index contributed by atoms with van der Waals surface area (Å²) in [4.78, 5) is 33.8. The molecule has 1 N–H and O–H groups in total. The largest absolute Gasteiger partial charge is 0.490 e. The molecule has 4 heterocycles. The average molecular weight is 766 g/mol. The van der Waals surface area contributed by atoms with Crippen molar-refractivity contribution in [2.45, 2.75) is 74.5 Å². The van der Waals surface area contributed by atoms with E-state index >= 15 is 0 Å². The van der Waals surface area contributed by atoms with E-state index < -0.39 is 21.9 Å². The van der Waals surface area contributed by atoms with E-state index in [-0.39, 0.29) is 29.6 Å². The average Bonchev–Trinajstić information content (AvgIpc) is 3.24. The van der Waals surface area contributed by atoms with E-state index in [1.54, 1.807) is 25.2 Å². The highest BCUT2D eigenvalue weighted by Crippen LogP contribution is 2.47. The van der Waals surface area contributed by atoms with Crippen LogP contribution in [0.3, 0.4) is 0 Å². The van der Waals surface area contributed by atoms with E-state index in [1.165, 1.54) is 11.1 Å². The summed E-state index contributed by atoms with van der Waals surface area (Å²) in [7, 11) is 1.00. The van der Waals surface area contributed by atoms with Gasteiger partial charge in [-0.05, 0) is 97.7 Å². The summed E-state index contributed by atoms with van der Waals surface area (Å²) in [5.41, 5.74) is 3.53. The van der Waals surface area contributed by atoms with Crippen LogP contribution in [-0.4, -0.2) is 110 Å². The highest BCUT2D eigenvalue weighted by atomic mass is 35.5. The Morgan fingerprint density at radius 1 is 1.08 bits per heavy atom. The second kappa shape index (κ2) is 15.2. The van der Waals surface area contributed by atoms with Crippen LogP contribution in [0.1, 0.15) is 60.5 Å². The lowest BCUT2D eigenvalue weighted by Crippen LogP contribution is -2.69. The predicted octanol–water partition coefficient (Wildman–Crippen LogP) is 5.31. The van der Waals surface area contributed by atoms with Gasteiger partial charge in [-0.15, -0.1) is 0 Å². The summed E-state index contributed by atoms with van der Waals surface area (Å²) in [6.45, 7) is 6.96. The Morgan fingerprint density at radius 2 is 1.91 bits per heavy atom. The predicted molar refractivity (Wildman–Crippen MR) is 206 cm³/mol. The number of allylic oxidation sites excluding steroid dienone is 1. The van der Waals surface area contributed by atoms with E-state index in [1.807, 2.05) is 25.1 Å². The number of benzene rings is 2. The Morgan fingerprint density at radius 3 is 2.66 bits per heavy atom. The van der Waals surface area contributed by atoms with Crippen LogP contribution in [0, 0.1) is 17.8 Å². The van der Waals surface area contributed by atoms with Gasteiger partial charge in [-0.2, -0.15) is 4.36 Å². The summed E-state index contributed by atoms with van der Waals surface area (Å²) in [5.74, 6) is 0.640. The number of nitrogens with one attached hydrogen (secondary N) is 1. The van der Waals surface area contributed by atoms with Gasteiger partial charge in [-0.1, -0.05) is 36.7 Å². The minimum Gasteiger partial charge on any atom is -0.490 e. The first-order valence-corrected chi connectivity index (χ1v) is 20.9. The molecule has 2 bridgehead atoms. The quantitative estimate of drug-likeness (QED) is 0.319. The van der Waals surface area contributed by atoms with E-state index in [4.69, 9.17) is 25.8 Å². The standard InChI is InChI=1S/C40H52ClN5O6S/c1-25-6-4-8-35(51-3)32-12-9-28(32)18-46-23-40(15-5-7-26-16-29(41)11-13-33(26)40)24-52-36-14-10-27(17-34(36)46)37(47)43-53(49)38(25)42-39(48)45-19-30(20-45)44-21-31(22-44)50-2/h4,8,10-11,13-14,16-17,25,28,30-32,35,38,53H,5-7,9,12,15,18-24H2,1-3H3,(H,42,48)/b8-4+/t25-,28-,32+,35-,38?,40-/m0/s1. The molecule has 0 radical (unpaired) electrons. The highest BCUT2D eigenvalue weighted by Gasteiger charge is 2.45. The Labute approximate surface area is 319 Å². The number of aryl methyl sites for hydroxylation is 1. The van der Waals surface area contributed by atoms with Crippen LogP contribution in [0.5, 0.6) is 5.75 Å². The molecule has 8 rings (SSSR count). The minimum atomic E-state index is -2.49. The highest BCUT2D eigenvalue weighted by molar-refractivity contribution is 7.76. The molecule has 286 valence electrons. The van der Waals surface area contributed by atoms with Gasteiger partial charge in [0.05, 0.1) is 35.1 Å². The molecule has 2 saturated heterocycles. The zero-order valence-corrected chi connectivity index (χ0v) is 32.6. The molecule has 2 unspecified atom stereocenters. The number of ether oxygens (including phenoxy) is 3. The third kappa shape index (κ3) is 7.22. The molecule has 2 aromatic rings. The van der Waals surface area contributed by atoms with Crippen molar-refractivity contribution >= 4 is 39.8 Å². The van der Waals surface area contributed by atoms with Crippen LogP contribution in [0.15, 0.2) is 52.9 Å². The fourth-order valence-corrected chi connectivity index (χ4v) is 10.7. The van der Waals surface area contributed by atoms with E-state index in [0.717, 1.165) is 74.7 Å². The maximum absolute atomic E-state index is 14.0. The lowest BCUT2D eigenvalue weighted by molar-refractivity contribution is -0.0779. The van der Waals surface area contributed by atoms with Crippen molar-refractivity contribution < 1.29 is 28.0 Å². The Kier molecular flexibility index (Phi) is 10.5. The van der Waals surface area contributed by atoms with Crippen molar-refractivity contribution in [3.05, 3.63) is 70.3 Å². The molecule has 2 aliphatic carbocycles. The number of anilines is 1. The number of urea groups is 1. The second-order valence-electron chi connectivity index (χ2n) is 16.1. The number of amides is 3. The van der Waals surface area contributed by atoms with Crippen LogP contribution in [-0.2, 0) is 31.9 Å². The van der Waals surface area contributed by atoms with Crippen molar-refractivity contribution in [2.24, 2.45) is 22.1 Å². The van der Waals surface area contributed by atoms with Gasteiger partial charge in [-0.3, -0.25) is 13.9 Å². The molecule has 7 atom stereocenters. The third-order valence-corrected chi connectivity index (χ3v) is 14.6. The first-order valence-electron chi connectivity index (χ1n) is 19.2. The van der Waals surface area contributed by atoms with E-state index in [9.17, 15) is 13.8 Å². The molecule has 4 aliphatic heterocycles. The van der Waals surface area contributed by atoms with Crippen LogP contribution in [0.4, 0.5) is 10.5 Å². The van der Waals surface area contributed by atoms with Gasteiger partial charge in [0.1, 0.15) is 11.1 Å². The number of carbonyl (C=O) groups excluding carboxylic acids is 2. The summed E-state index contributed by atoms with van der Waals surface area (Å²) < 4.78 is 36.4.